The minimum absolute atomic E-state index is 0.434. The van der Waals surface area contributed by atoms with Crippen LogP contribution in [0.4, 0.5) is 0 Å². The predicted octanol–water partition coefficient (Wildman–Crippen LogP) is 1.56. The van der Waals surface area contributed by atoms with E-state index in [0.29, 0.717) is 6.54 Å². The zero-order chi connectivity index (χ0) is 12.4. The summed E-state index contributed by atoms with van der Waals surface area (Å²) in [6.07, 6.45) is 3.25. The smallest absolute Gasteiger partial charge is 0.322 e. The molecule has 0 amide bonds. The molecule has 16 heavy (non-hydrogen) atoms. The van der Waals surface area contributed by atoms with Crippen molar-refractivity contribution in [3.63, 3.8) is 0 Å². The van der Waals surface area contributed by atoms with Gasteiger partial charge in [-0.25, -0.2) is 0 Å². The number of hydrogen-bond acceptors (Lipinski definition) is 3. The summed E-state index contributed by atoms with van der Waals surface area (Å²) in [5.74, 6) is -0.747. The van der Waals surface area contributed by atoms with Gasteiger partial charge in [-0.2, -0.15) is 0 Å². The number of hydrogen-bond donors (Lipinski definition) is 2. The average Bonchev–Trinajstić information content (AvgIpc) is 2.28. The van der Waals surface area contributed by atoms with Crippen LogP contribution < -0.4 is 5.32 Å². The highest BCUT2D eigenvalue weighted by Crippen LogP contribution is 1.98. The zero-order valence-electron chi connectivity index (χ0n) is 10.8. The van der Waals surface area contributed by atoms with Gasteiger partial charge in [0.2, 0.25) is 0 Å². The molecule has 0 aliphatic rings. The Bertz CT molecular complexity index is 186. The largest absolute Gasteiger partial charge is 0.480 e. The van der Waals surface area contributed by atoms with Crippen molar-refractivity contribution in [2.75, 3.05) is 26.2 Å². The summed E-state index contributed by atoms with van der Waals surface area (Å²) in [6, 6.07) is -0.434. The van der Waals surface area contributed by atoms with Crippen LogP contribution in [0, 0.1) is 0 Å². The topological polar surface area (TPSA) is 52.6 Å². The number of carbonyl (C=O) groups is 1. The predicted molar refractivity (Wildman–Crippen MR) is 66.7 cm³/mol. The molecular weight excluding hydrogens is 204 g/mol. The molecule has 0 saturated heterocycles. The normalized spacial score (nSPS) is 13.0. The third-order valence-corrected chi connectivity index (χ3v) is 2.65. The van der Waals surface area contributed by atoms with Crippen LogP contribution in [0.15, 0.2) is 0 Å². The second-order valence-electron chi connectivity index (χ2n) is 4.09. The first-order valence-corrected chi connectivity index (χ1v) is 6.34. The van der Waals surface area contributed by atoms with Crippen LogP contribution in [-0.2, 0) is 4.79 Å². The Hall–Kier alpha value is -0.610. The summed E-state index contributed by atoms with van der Waals surface area (Å²) < 4.78 is 0. The van der Waals surface area contributed by atoms with Gasteiger partial charge in [0, 0.05) is 6.54 Å². The highest BCUT2D eigenvalue weighted by atomic mass is 16.4. The lowest BCUT2D eigenvalue weighted by molar-refractivity contribution is -0.140. The van der Waals surface area contributed by atoms with Gasteiger partial charge in [0.1, 0.15) is 6.04 Å². The van der Waals surface area contributed by atoms with Gasteiger partial charge in [0.25, 0.3) is 0 Å². The summed E-state index contributed by atoms with van der Waals surface area (Å²) in [5.41, 5.74) is 0. The summed E-state index contributed by atoms with van der Waals surface area (Å²) in [6.45, 7) is 9.54. The van der Waals surface area contributed by atoms with Crippen molar-refractivity contribution in [3.05, 3.63) is 0 Å². The first-order valence-electron chi connectivity index (χ1n) is 6.34. The van der Waals surface area contributed by atoms with E-state index in [1.165, 1.54) is 0 Å². The van der Waals surface area contributed by atoms with Crippen molar-refractivity contribution in [1.82, 2.24) is 10.2 Å². The van der Waals surface area contributed by atoms with Gasteiger partial charge in [0.05, 0.1) is 0 Å². The molecule has 0 saturated carbocycles. The second-order valence-corrected chi connectivity index (χ2v) is 4.09. The van der Waals surface area contributed by atoms with Crippen LogP contribution >= 0.6 is 0 Å². The van der Waals surface area contributed by atoms with E-state index < -0.39 is 12.0 Å². The van der Waals surface area contributed by atoms with Crippen LogP contribution in [0.3, 0.4) is 0 Å². The number of unbranched alkanes of at least 4 members (excludes halogenated alkanes) is 1. The van der Waals surface area contributed by atoms with Crippen molar-refractivity contribution in [2.24, 2.45) is 0 Å². The van der Waals surface area contributed by atoms with Gasteiger partial charge in [-0.1, -0.05) is 27.2 Å². The summed E-state index contributed by atoms with van der Waals surface area (Å²) in [4.78, 5) is 13.2. The van der Waals surface area contributed by atoms with Crippen LogP contribution in [0.5, 0.6) is 0 Å². The van der Waals surface area contributed by atoms with E-state index in [1.54, 1.807) is 0 Å². The molecule has 4 nitrogen and oxygen atoms in total. The van der Waals surface area contributed by atoms with Gasteiger partial charge >= 0.3 is 5.97 Å². The number of aliphatic carboxylic acids is 1. The Morgan fingerprint density at radius 2 is 2.00 bits per heavy atom. The highest BCUT2D eigenvalue weighted by Gasteiger charge is 2.18. The zero-order valence-corrected chi connectivity index (χ0v) is 10.8. The fraction of sp³-hybridized carbons (Fsp3) is 0.917. The van der Waals surface area contributed by atoms with Gasteiger partial charge in [-0.3, -0.25) is 4.79 Å². The summed E-state index contributed by atoms with van der Waals surface area (Å²) >= 11 is 0. The molecule has 0 aliphatic heterocycles. The molecule has 1 atom stereocenters. The van der Waals surface area contributed by atoms with E-state index in [-0.39, 0.29) is 0 Å². The van der Waals surface area contributed by atoms with Gasteiger partial charge in [0.15, 0.2) is 0 Å². The minimum atomic E-state index is -0.747. The SMILES string of the molecule is CCCCN(CC)CC(NCCC)C(=O)O. The lowest BCUT2D eigenvalue weighted by Crippen LogP contribution is -2.46. The van der Waals surface area contributed by atoms with Crippen LogP contribution in [0.1, 0.15) is 40.0 Å². The maximum atomic E-state index is 11.0. The third kappa shape index (κ3) is 6.80. The van der Waals surface area contributed by atoms with Crippen LogP contribution in [-0.4, -0.2) is 48.2 Å². The van der Waals surface area contributed by atoms with Crippen molar-refractivity contribution in [2.45, 2.75) is 46.1 Å². The number of rotatable bonds is 10. The van der Waals surface area contributed by atoms with E-state index in [1.807, 2.05) is 6.92 Å². The average molecular weight is 230 g/mol. The Labute approximate surface area is 99.0 Å². The van der Waals surface area contributed by atoms with Crippen molar-refractivity contribution >= 4 is 5.97 Å². The number of nitrogens with one attached hydrogen (secondary N) is 1. The second kappa shape index (κ2) is 9.60. The molecule has 0 aliphatic carbocycles. The lowest BCUT2D eigenvalue weighted by atomic mass is 10.2. The molecule has 4 heteroatoms. The molecule has 2 N–H and O–H groups in total. The maximum absolute atomic E-state index is 11.0. The van der Waals surface area contributed by atoms with Crippen LogP contribution in [0.25, 0.3) is 0 Å². The lowest BCUT2D eigenvalue weighted by Gasteiger charge is -2.24. The highest BCUT2D eigenvalue weighted by molar-refractivity contribution is 5.73. The fourth-order valence-electron chi connectivity index (χ4n) is 1.57. The molecule has 0 fully saturated rings. The number of likely N-dealkylation sites (N-methyl/N-ethyl adjacent to an activating group) is 1. The number of carboxylic acid groups (broad SMARTS) is 1. The molecule has 0 bridgehead atoms. The van der Waals surface area contributed by atoms with Crippen molar-refractivity contribution in [1.29, 1.82) is 0 Å². The number of nitrogens with zero attached hydrogens (tertiary/aromatic N) is 1. The Balaban J connectivity index is 4.06. The van der Waals surface area contributed by atoms with Gasteiger partial charge < -0.3 is 15.3 Å². The summed E-state index contributed by atoms with van der Waals surface area (Å²) in [5, 5.41) is 12.1. The monoisotopic (exact) mass is 230 g/mol. The Morgan fingerprint density at radius 1 is 1.31 bits per heavy atom. The molecule has 0 heterocycles. The Kier molecular flexibility index (Phi) is 9.24. The maximum Gasteiger partial charge on any atom is 0.322 e. The molecule has 0 aromatic heterocycles. The minimum Gasteiger partial charge on any atom is -0.480 e. The Morgan fingerprint density at radius 3 is 2.44 bits per heavy atom. The van der Waals surface area contributed by atoms with Crippen molar-refractivity contribution in [3.8, 4) is 0 Å². The molecule has 1 unspecified atom stereocenters. The summed E-state index contributed by atoms with van der Waals surface area (Å²) in [7, 11) is 0. The fourth-order valence-corrected chi connectivity index (χ4v) is 1.57. The molecule has 0 aromatic rings. The third-order valence-electron chi connectivity index (χ3n) is 2.65. The van der Waals surface area contributed by atoms with Crippen molar-refractivity contribution < 1.29 is 9.90 Å². The standard InChI is InChI=1S/C12H26N2O2/c1-4-7-9-14(6-3)10-11(12(15)16)13-8-5-2/h11,13H,4-10H2,1-3H3,(H,15,16). The van der Waals surface area contributed by atoms with E-state index in [0.717, 1.165) is 38.9 Å². The molecule has 0 rings (SSSR count). The van der Waals surface area contributed by atoms with Gasteiger partial charge in [-0.15, -0.1) is 0 Å². The first kappa shape index (κ1) is 15.4. The molecule has 0 spiro atoms. The molecule has 96 valence electrons. The van der Waals surface area contributed by atoms with E-state index in [2.05, 4.69) is 24.1 Å². The van der Waals surface area contributed by atoms with E-state index in [4.69, 9.17) is 5.11 Å². The number of carboxylic acids is 1. The van der Waals surface area contributed by atoms with E-state index >= 15 is 0 Å². The van der Waals surface area contributed by atoms with Crippen LogP contribution in [0.2, 0.25) is 0 Å². The quantitative estimate of drug-likeness (QED) is 0.598. The van der Waals surface area contributed by atoms with Gasteiger partial charge in [-0.05, 0) is 32.5 Å². The molecule has 0 aromatic carbocycles. The molecule has 0 radical (unpaired) electrons. The molecular formula is C12H26N2O2. The first-order chi connectivity index (χ1) is 7.65. The van der Waals surface area contributed by atoms with E-state index in [9.17, 15) is 4.79 Å².